The third kappa shape index (κ3) is 11.7. The van der Waals surface area contributed by atoms with Gasteiger partial charge in [0.15, 0.2) is 0 Å². The molecule has 0 unspecified atom stereocenters. The van der Waals surface area contributed by atoms with E-state index in [1.165, 1.54) is 0 Å². The van der Waals surface area contributed by atoms with Gasteiger partial charge in [-0.1, -0.05) is 166 Å². The molecule has 0 spiro atoms. The summed E-state index contributed by atoms with van der Waals surface area (Å²) in [6, 6.07) is 49.6. The summed E-state index contributed by atoms with van der Waals surface area (Å²) in [5.41, 5.74) is 3.80. The molecule has 2 N–H and O–H groups in total. The molecular formula is C45H51N2O7PS. The molecule has 9 nitrogen and oxygen atoms in total. The number of carbonyl (C=O) groups excluding carboxylic acids is 2. The zero-order valence-electron chi connectivity index (χ0n) is 32.2. The highest BCUT2D eigenvalue weighted by molar-refractivity contribution is 8.00. The summed E-state index contributed by atoms with van der Waals surface area (Å²) in [6.45, 7) is 3.40. The monoisotopic (exact) mass is 794 g/mol. The number of thioether (sulfide) groups is 1. The van der Waals surface area contributed by atoms with Crippen LogP contribution in [-0.2, 0) is 45.7 Å². The lowest BCUT2D eigenvalue weighted by molar-refractivity contribution is -0.137. The summed E-state index contributed by atoms with van der Waals surface area (Å²) < 4.78 is 30.4. The van der Waals surface area contributed by atoms with Crippen LogP contribution in [0.1, 0.15) is 48.1 Å². The van der Waals surface area contributed by atoms with Gasteiger partial charge in [0.1, 0.15) is 6.10 Å². The second-order valence-corrected chi connectivity index (χ2v) is 17.1. The van der Waals surface area contributed by atoms with Crippen LogP contribution in [-0.4, -0.2) is 60.4 Å². The summed E-state index contributed by atoms with van der Waals surface area (Å²) in [5, 5.41) is 13.7. The molecule has 5 aromatic carbocycles. The van der Waals surface area contributed by atoms with Crippen molar-refractivity contribution in [1.29, 1.82) is 0 Å². The van der Waals surface area contributed by atoms with Crippen molar-refractivity contribution >= 4 is 31.4 Å². The molecule has 5 rings (SSSR count). The fourth-order valence-electron chi connectivity index (χ4n) is 6.06. The van der Waals surface area contributed by atoms with Crippen molar-refractivity contribution in [2.24, 2.45) is 5.41 Å². The molecule has 56 heavy (non-hydrogen) atoms. The number of phosphoric ester groups is 1. The molecule has 0 saturated heterocycles. The molecule has 5 aromatic rings. The van der Waals surface area contributed by atoms with Gasteiger partial charge in [0.25, 0.3) is 0 Å². The Morgan fingerprint density at radius 1 is 0.696 bits per heavy atom. The number of amides is 2. The Hall–Kier alpha value is -4.54. The second kappa shape index (κ2) is 20.6. The molecule has 0 bridgehead atoms. The number of hydrogen-bond acceptors (Lipinski definition) is 8. The third-order valence-electron chi connectivity index (χ3n) is 9.40. The van der Waals surface area contributed by atoms with Crippen molar-refractivity contribution in [2.45, 2.75) is 44.3 Å². The molecule has 0 aliphatic heterocycles. The molecule has 294 valence electrons. The Labute approximate surface area is 335 Å². The fraction of sp³-hybridized carbons (Fsp3) is 0.289. The molecule has 0 saturated carbocycles. The number of rotatable bonds is 21. The van der Waals surface area contributed by atoms with E-state index in [-0.39, 0.29) is 38.7 Å². The van der Waals surface area contributed by atoms with Gasteiger partial charge in [-0.25, -0.2) is 4.57 Å². The Kier molecular flexibility index (Phi) is 15.7. The number of benzene rings is 5. The first-order valence-electron chi connectivity index (χ1n) is 18.6. The average molecular weight is 795 g/mol. The van der Waals surface area contributed by atoms with Crippen LogP contribution < -0.4 is 5.32 Å². The van der Waals surface area contributed by atoms with Crippen LogP contribution in [0.5, 0.6) is 0 Å². The number of nitrogens with zero attached hydrogens (tertiary/aromatic N) is 1. The largest absolute Gasteiger partial charge is 0.475 e. The minimum atomic E-state index is -4.13. The highest BCUT2D eigenvalue weighted by atomic mass is 32.2. The zero-order valence-corrected chi connectivity index (χ0v) is 33.9. The van der Waals surface area contributed by atoms with Gasteiger partial charge in [0.2, 0.25) is 11.8 Å². The number of hydrogen-bond donors (Lipinski definition) is 2. The molecule has 11 heteroatoms. The molecule has 0 fully saturated rings. The van der Waals surface area contributed by atoms with Gasteiger partial charge in [-0.3, -0.25) is 23.2 Å². The van der Waals surface area contributed by atoms with Crippen molar-refractivity contribution in [3.63, 3.8) is 0 Å². The van der Waals surface area contributed by atoms with Crippen LogP contribution >= 0.6 is 19.6 Å². The maximum absolute atomic E-state index is 13.8. The second-order valence-electron chi connectivity index (χ2n) is 14.1. The number of carbonyl (C=O) groups is 2. The number of nitrogens with one attached hydrogen (secondary N) is 1. The number of aliphatic hydroxyl groups is 1. The van der Waals surface area contributed by atoms with Crippen molar-refractivity contribution in [2.75, 3.05) is 32.5 Å². The van der Waals surface area contributed by atoms with Crippen LogP contribution in [0.15, 0.2) is 152 Å². The number of phosphoric acid groups is 1. The summed E-state index contributed by atoms with van der Waals surface area (Å²) in [6.07, 6.45) is -1.49. The van der Waals surface area contributed by atoms with Crippen LogP contribution in [0.4, 0.5) is 0 Å². The Balaban J connectivity index is 1.13. The van der Waals surface area contributed by atoms with Crippen LogP contribution in [0.25, 0.3) is 0 Å². The van der Waals surface area contributed by atoms with E-state index < -0.39 is 30.0 Å². The third-order valence-corrected chi connectivity index (χ3v) is 12.3. The first-order chi connectivity index (χ1) is 27.0. The quantitative estimate of drug-likeness (QED) is 0.0561. The van der Waals surface area contributed by atoms with E-state index in [2.05, 4.69) is 41.7 Å². The molecule has 0 aliphatic carbocycles. The van der Waals surface area contributed by atoms with Gasteiger partial charge in [0.05, 0.1) is 24.6 Å². The van der Waals surface area contributed by atoms with Crippen LogP contribution in [0.2, 0.25) is 0 Å². The SMILES string of the molecule is CN(CCSC(c1ccccc1)(c1ccccc1)c1ccccc1)C(=O)CCNC(=O)[C@H](O)C(C)(C)COP(=O)(OCc1ccccc1)OCc1ccccc1. The van der Waals surface area contributed by atoms with Gasteiger partial charge in [-0.05, 0) is 27.8 Å². The van der Waals surface area contributed by atoms with E-state index in [1.54, 1.807) is 37.6 Å². The minimum Gasteiger partial charge on any atom is -0.383 e. The molecule has 0 heterocycles. The van der Waals surface area contributed by atoms with Crippen molar-refractivity contribution in [3.05, 3.63) is 179 Å². The topological polar surface area (TPSA) is 114 Å². The predicted octanol–water partition coefficient (Wildman–Crippen LogP) is 8.62. The van der Waals surface area contributed by atoms with E-state index in [1.807, 2.05) is 115 Å². The lowest BCUT2D eigenvalue weighted by Gasteiger charge is -2.36. The zero-order chi connectivity index (χ0) is 39.9. The van der Waals surface area contributed by atoms with E-state index in [0.717, 1.165) is 27.8 Å². The maximum Gasteiger partial charge on any atom is 0.475 e. The van der Waals surface area contributed by atoms with Crippen LogP contribution in [0.3, 0.4) is 0 Å². The highest BCUT2D eigenvalue weighted by Crippen LogP contribution is 2.52. The highest BCUT2D eigenvalue weighted by Gasteiger charge is 2.39. The maximum atomic E-state index is 13.8. The van der Waals surface area contributed by atoms with Gasteiger partial charge in [-0.15, -0.1) is 11.8 Å². The fourth-order valence-corrected chi connectivity index (χ4v) is 8.96. The number of aliphatic hydroxyl groups excluding tert-OH is 1. The van der Waals surface area contributed by atoms with Gasteiger partial charge >= 0.3 is 7.82 Å². The average Bonchev–Trinajstić information content (AvgIpc) is 3.24. The van der Waals surface area contributed by atoms with Crippen molar-refractivity contribution < 1.29 is 32.8 Å². The lowest BCUT2D eigenvalue weighted by atomic mass is 9.84. The summed E-state index contributed by atoms with van der Waals surface area (Å²) in [7, 11) is -2.37. The molecule has 1 atom stereocenters. The summed E-state index contributed by atoms with van der Waals surface area (Å²) >= 11 is 1.77. The van der Waals surface area contributed by atoms with Gasteiger partial charge < -0.3 is 15.3 Å². The standard InChI is InChI=1S/C45H51N2O7PS/c1-44(2,35-54-55(51,52-33-36-19-9-4-10-20-36)53-34-37-21-11-5-12-22-37)42(49)43(50)46-30-29-41(48)47(3)31-32-56-45(38-23-13-6-14-24-38,39-25-15-7-16-26-39)40-27-17-8-18-28-40/h4-28,42,49H,29-35H2,1-3H3,(H,46,50)/t42-/m0/s1. The van der Waals surface area contributed by atoms with Crippen LogP contribution in [0, 0.1) is 5.41 Å². The first-order valence-corrected chi connectivity index (χ1v) is 21.1. The Bertz CT molecular complexity index is 1840. The van der Waals surface area contributed by atoms with Gasteiger partial charge in [-0.2, -0.15) is 0 Å². The first kappa shape index (κ1) is 42.6. The van der Waals surface area contributed by atoms with Gasteiger partial charge in [0, 0.05) is 37.7 Å². The normalized spacial score (nSPS) is 12.5. The van der Waals surface area contributed by atoms with E-state index >= 15 is 0 Å². The summed E-state index contributed by atoms with van der Waals surface area (Å²) in [5.74, 6) is -0.165. The van der Waals surface area contributed by atoms with Crippen molar-refractivity contribution in [1.82, 2.24) is 10.2 Å². The minimum absolute atomic E-state index is 0.0223. The predicted molar refractivity (Wildman–Crippen MR) is 223 cm³/mol. The smallest absolute Gasteiger partial charge is 0.383 e. The molecule has 0 radical (unpaired) electrons. The van der Waals surface area contributed by atoms with E-state index in [9.17, 15) is 19.3 Å². The van der Waals surface area contributed by atoms with Crippen molar-refractivity contribution in [3.8, 4) is 0 Å². The summed E-state index contributed by atoms with van der Waals surface area (Å²) in [4.78, 5) is 28.0. The van der Waals surface area contributed by atoms with E-state index in [4.69, 9.17) is 13.6 Å². The lowest BCUT2D eigenvalue weighted by Crippen LogP contribution is -2.46. The molecular weight excluding hydrogens is 744 g/mol. The molecule has 2 amide bonds. The molecule has 0 aliphatic rings. The Morgan fingerprint density at radius 3 is 1.54 bits per heavy atom. The van der Waals surface area contributed by atoms with E-state index in [0.29, 0.717) is 12.3 Å². The molecule has 0 aromatic heterocycles. The Morgan fingerprint density at radius 2 is 1.11 bits per heavy atom.